The van der Waals surface area contributed by atoms with E-state index in [1.165, 1.54) is 0 Å². The Morgan fingerprint density at radius 1 is 1.19 bits per heavy atom. The lowest BCUT2D eigenvalue weighted by molar-refractivity contribution is -0.121. The molecule has 31 heavy (non-hydrogen) atoms. The number of sulfonamides is 1. The molecule has 1 N–H and O–H groups in total. The van der Waals surface area contributed by atoms with Gasteiger partial charge in [0.2, 0.25) is 27.6 Å². The molecule has 0 spiro atoms. The van der Waals surface area contributed by atoms with E-state index in [-0.39, 0.29) is 25.5 Å². The molecule has 10 heteroatoms. The van der Waals surface area contributed by atoms with Crippen molar-refractivity contribution < 1.29 is 22.5 Å². The summed E-state index contributed by atoms with van der Waals surface area (Å²) in [6, 6.07) is 14.6. The first-order chi connectivity index (χ1) is 14.7. The van der Waals surface area contributed by atoms with Gasteiger partial charge < -0.3 is 14.6 Å². The molecule has 0 atom stereocenters. The van der Waals surface area contributed by atoms with E-state index in [0.717, 1.165) is 21.7 Å². The first-order valence-electron chi connectivity index (χ1n) is 9.49. The largest absolute Gasteiger partial charge is 0.497 e. The van der Waals surface area contributed by atoms with Gasteiger partial charge in [0.25, 0.3) is 0 Å². The summed E-state index contributed by atoms with van der Waals surface area (Å²) in [6.07, 6.45) is 1.08. The van der Waals surface area contributed by atoms with Gasteiger partial charge in [0.05, 0.1) is 26.5 Å². The van der Waals surface area contributed by atoms with Crippen LogP contribution in [0.15, 0.2) is 53.1 Å². The lowest BCUT2D eigenvalue weighted by Gasteiger charge is -2.19. The van der Waals surface area contributed by atoms with E-state index in [0.29, 0.717) is 17.1 Å². The van der Waals surface area contributed by atoms with Crippen LogP contribution in [0.3, 0.4) is 0 Å². The van der Waals surface area contributed by atoms with Gasteiger partial charge in [-0.1, -0.05) is 47.1 Å². The van der Waals surface area contributed by atoms with E-state index >= 15 is 0 Å². The quantitative estimate of drug-likeness (QED) is 0.538. The molecule has 0 saturated heterocycles. The first kappa shape index (κ1) is 22.4. The average Bonchev–Trinajstić information content (AvgIpc) is 3.22. The number of aromatic nitrogens is 2. The van der Waals surface area contributed by atoms with Crippen molar-refractivity contribution in [1.82, 2.24) is 19.8 Å². The minimum Gasteiger partial charge on any atom is -0.497 e. The fourth-order valence-electron chi connectivity index (χ4n) is 2.78. The minimum atomic E-state index is -3.58. The molecular formula is C21H24N4O5S. The number of aryl methyl sites for hydroxylation is 1. The topological polar surface area (TPSA) is 115 Å². The third-order valence-electron chi connectivity index (χ3n) is 4.50. The van der Waals surface area contributed by atoms with Crippen LogP contribution in [0.1, 0.15) is 17.0 Å². The Hall–Kier alpha value is -3.24. The van der Waals surface area contributed by atoms with Crippen molar-refractivity contribution in [1.29, 1.82) is 0 Å². The van der Waals surface area contributed by atoms with Crippen molar-refractivity contribution in [3.63, 3.8) is 0 Å². The van der Waals surface area contributed by atoms with E-state index in [2.05, 4.69) is 15.5 Å². The smallest absolute Gasteiger partial charge is 0.246 e. The van der Waals surface area contributed by atoms with Gasteiger partial charge in [-0.05, 0) is 24.6 Å². The summed E-state index contributed by atoms with van der Waals surface area (Å²) in [6.45, 7) is 1.72. The zero-order valence-electron chi connectivity index (χ0n) is 17.5. The summed E-state index contributed by atoms with van der Waals surface area (Å²) in [5.41, 5.74) is 2.57. The number of nitrogens with zero attached hydrogens (tertiary/aromatic N) is 3. The van der Waals surface area contributed by atoms with Crippen molar-refractivity contribution in [2.45, 2.75) is 20.0 Å². The van der Waals surface area contributed by atoms with Gasteiger partial charge in [0.15, 0.2) is 0 Å². The molecule has 0 fully saturated rings. The standard InChI is InChI=1S/C21H24N4O5S/c1-15-7-9-16(10-8-15)13-25(31(3,27)28)14-19(26)22-12-20-23-21(24-30-20)17-5-4-6-18(11-17)29-2/h4-11H,12-14H2,1-3H3,(H,22,26). The maximum atomic E-state index is 12.4. The number of carbonyl (C=O) groups is 1. The van der Waals surface area contributed by atoms with Crippen LogP contribution in [-0.4, -0.2) is 48.7 Å². The van der Waals surface area contributed by atoms with Crippen molar-refractivity contribution in [2.75, 3.05) is 19.9 Å². The summed E-state index contributed by atoms with van der Waals surface area (Å²) in [4.78, 5) is 16.6. The maximum absolute atomic E-state index is 12.4. The van der Waals surface area contributed by atoms with Gasteiger partial charge in [-0.2, -0.15) is 9.29 Å². The van der Waals surface area contributed by atoms with E-state index in [1.807, 2.05) is 37.3 Å². The Morgan fingerprint density at radius 3 is 2.61 bits per heavy atom. The summed E-state index contributed by atoms with van der Waals surface area (Å²) >= 11 is 0. The second-order valence-corrected chi connectivity index (χ2v) is 9.02. The Balaban J connectivity index is 1.60. The molecule has 1 amide bonds. The summed E-state index contributed by atoms with van der Waals surface area (Å²) in [5, 5.41) is 6.52. The molecule has 164 valence electrons. The molecular weight excluding hydrogens is 420 g/mol. The lowest BCUT2D eigenvalue weighted by atomic mass is 10.1. The molecule has 1 heterocycles. The van der Waals surface area contributed by atoms with Gasteiger partial charge in [-0.3, -0.25) is 4.79 Å². The molecule has 9 nitrogen and oxygen atoms in total. The van der Waals surface area contributed by atoms with Crippen LogP contribution < -0.4 is 10.1 Å². The number of ether oxygens (including phenoxy) is 1. The summed E-state index contributed by atoms with van der Waals surface area (Å²) < 4.78 is 35.7. The molecule has 2 aromatic carbocycles. The SMILES string of the molecule is COc1cccc(-c2noc(CNC(=O)CN(Cc3ccc(C)cc3)S(C)(=O)=O)n2)c1. The van der Waals surface area contributed by atoms with E-state index < -0.39 is 15.9 Å². The molecule has 0 aliphatic carbocycles. The van der Waals surface area contributed by atoms with E-state index in [9.17, 15) is 13.2 Å². The van der Waals surface area contributed by atoms with Crippen LogP contribution in [0.2, 0.25) is 0 Å². The van der Waals surface area contributed by atoms with Crippen LogP contribution in [-0.2, 0) is 27.9 Å². The highest BCUT2D eigenvalue weighted by atomic mass is 32.2. The van der Waals surface area contributed by atoms with E-state index in [4.69, 9.17) is 9.26 Å². The minimum absolute atomic E-state index is 0.0159. The fraction of sp³-hybridized carbons (Fsp3) is 0.286. The Morgan fingerprint density at radius 2 is 1.94 bits per heavy atom. The van der Waals surface area contributed by atoms with Crippen molar-refractivity contribution >= 4 is 15.9 Å². The van der Waals surface area contributed by atoms with Crippen molar-refractivity contribution in [2.24, 2.45) is 0 Å². The number of benzene rings is 2. The molecule has 0 saturated carbocycles. The molecule has 0 aliphatic heterocycles. The Bertz CT molecular complexity index is 1140. The number of rotatable bonds is 9. The van der Waals surface area contributed by atoms with Crippen LogP contribution in [0.4, 0.5) is 0 Å². The number of carbonyl (C=O) groups excluding carboxylic acids is 1. The lowest BCUT2D eigenvalue weighted by Crippen LogP contribution is -2.39. The second-order valence-electron chi connectivity index (χ2n) is 7.04. The highest BCUT2D eigenvalue weighted by molar-refractivity contribution is 7.88. The zero-order chi connectivity index (χ0) is 22.4. The molecule has 0 aliphatic rings. The molecule has 0 unspecified atom stereocenters. The third-order valence-corrected chi connectivity index (χ3v) is 5.70. The van der Waals surface area contributed by atoms with Crippen molar-refractivity contribution in [3.8, 4) is 17.1 Å². The van der Waals surface area contributed by atoms with Crippen LogP contribution in [0, 0.1) is 6.92 Å². The highest BCUT2D eigenvalue weighted by Gasteiger charge is 2.21. The van der Waals surface area contributed by atoms with Gasteiger partial charge in [-0.25, -0.2) is 8.42 Å². The third kappa shape index (κ3) is 6.37. The van der Waals surface area contributed by atoms with E-state index in [1.54, 1.807) is 25.3 Å². The number of nitrogens with one attached hydrogen (secondary N) is 1. The Kier molecular flexibility index (Phi) is 7.03. The number of methoxy groups -OCH3 is 1. The monoisotopic (exact) mass is 444 g/mol. The molecule has 3 rings (SSSR count). The molecule has 1 aromatic heterocycles. The van der Waals surface area contributed by atoms with Crippen LogP contribution in [0.25, 0.3) is 11.4 Å². The van der Waals surface area contributed by atoms with Crippen LogP contribution in [0.5, 0.6) is 5.75 Å². The second kappa shape index (κ2) is 9.71. The van der Waals surface area contributed by atoms with Crippen molar-refractivity contribution in [3.05, 3.63) is 65.5 Å². The summed E-state index contributed by atoms with van der Waals surface area (Å²) in [7, 11) is -2.02. The number of hydrogen-bond acceptors (Lipinski definition) is 7. The number of amides is 1. The highest BCUT2D eigenvalue weighted by Crippen LogP contribution is 2.21. The van der Waals surface area contributed by atoms with Gasteiger partial charge >= 0.3 is 0 Å². The van der Waals surface area contributed by atoms with Crippen LogP contribution >= 0.6 is 0 Å². The molecule has 0 bridgehead atoms. The zero-order valence-corrected chi connectivity index (χ0v) is 18.3. The maximum Gasteiger partial charge on any atom is 0.246 e. The summed E-state index contributed by atoms with van der Waals surface area (Å²) in [5.74, 6) is 0.751. The van der Waals surface area contributed by atoms with Gasteiger partial charge in [0, 0.05) is 12.1 Å². The fourth-order valence-corrected chi connectivity index (χ4v) is 3.52. The average molecular weight is 445 g/mol. The van der Waals surface area contributed by atoms with Gasteiger partial charge in [-0.15, -0.1) is 0 Å². The normalized spacial score (nSPS) is 11.5. The Labute approximate surface area is 181 Å². The first-order valence-corrected chi connectivity index (χ1v) is 11.3. The predicted molar refractivity (Wildman–Crippen MR) is 115 cm³/mol. The molecule has 3 aromatic rings. The number of hydrogen-bond donors (Lipinski definition) is 1. The predicted octanol–water partition coefficient (Wildman–Crippen LogP) is 2.13. The van der Waals surface area contributed by atoms with Gasteiger partial charge in [0.1, 0.15) is 5.75 Å². The molecule has 0 radical (unpaired) electrons.